The zero-order chi connectivity index (χ0) is 16.6. The number of pyridine rings is 2. The summed E-state index contributed by atoms with van der Waals surface area (Å²) in [7, 11) is 0. The molecule has 5 nitrogen and oxygen atoms in total. The zero-order valence-corrected chi connectivity index (χ0v) is 13.2. The fraction of sp³-hybridized carbons (Fsp3) is 0.158. The lowest BCUT2D eigenvalue weighted by atomic mass is 10.1. The van der Waals surface area contributed by atoms with Crippen LogP contribution >= 0.6 is 0 Å². The summed E-state index contributed by atoms with van der Waals surface area (Å²) in [6.07, 6.45) is 3.52. The summed E-state index contributed by atoms with van der Waals surface area (Å²) in [6, 6.07) is 17.9. The Morgan fingerprint density at radius 1 is 1.00 bits per heavy atom. The van der Waals surface area contributed by atoms with Crippen LogP contribution in [0.4, 0.5) is 5.69 Å². The van der Waals surface area contributed by atoms with Gasteiger partial charge >= 0.3 is 0 Å². The lowest BCUT2D eigenvalue weighted by Crippen LogP contribution is -2.04. The molecular formula is C19H19N3O2. The van der Waals surface area contributed by atoms with E-state index in [9.17, 15) is 0 Å². The number of benzene rings is 1. The Labute approximate surface area is 141 Å². The van der Waals surface area contributed by atoms with E-state index in [4.69, 9.17) is 9.84 Å². The number of hydrogen-bond donors (Lipinski definition) is 2. The number of nitrogens with one attached hydrogen (secondary N) is 1. The molecule has 0 unspecified atom stereocenters. The van der Waals surface area contributed by atoms with Crippen molar-refractivity contribution in [2.45, 2.75) is 6.54 Å². The Balaban J connectivity index is 1.62. The van der Waals surface area contributed by atoms with Gasteiger partial charge in [0.2, 0.25) is 5.88 Å². The number of nitrogens with zero attached hydrogens (tertiary/aromatic N) is 2. The largest absolute Gasteiger partial charge is 0.475 e. The summed E-state index contributed by atoms with van der Waals surface area (Å²) in [5.74, 6) is 0.506. The summed E-state index contributed by atoms with van der Waals surface area (Å²) >= 11 is 0. The monoisotopic (exact) mass is 321 g/mol. The highest BCUT2D eigenvalue weighted by Gasteiger charge is 2.01. The first kappa shape index (κ1) is 16.0. The molecule has 0 aliphatic heterocycles. The minimum Gasteiger partial charge on any atom is -0.475 e. The van der Waals surface area contributed by atoms with Gasteiger partial charge in [-0.3, -0.25) is 4.98 Å². The van der Waals surface area contributed by atoms with Gasteiger partial charge in [0, 0.05) is 24.4 Å². The van der Waals surface area contributed by atoms with Crippen LogP contribution in [0.2, 0.25) is 0 Å². The molecule has 5 heteroatoms. The first-order valence-corrected chi connectivity index (χ1v) is 7.79. The normalized spacial score (nSPS) is 10.4. The van der Waals surface area contributed by atoms with Crippen molar-refractivity contribution in [2.75, 3.05) is 18.5 Å². The standard InChI is InChI=1S/C19H19N3O2/c23-10-11-24-19-8-7-17(14-22-19)21-13-15-4-3-5-16(12-15)18-6-1-2-9-20-18/h1-9,12,14,21,23H,10-11,13H2. The minimum atomic E-state index is -0.0196. The molecule has 2 N–H and O–H groups in total. The maximum atomic E-state index is 8.73. The van der Waals surface area contributed by atoms with Crippen LogP contribution in [-0.2, 0) is 6.54 Å². The van der Waals surface area contributed by atoms with Crippen LogP contribution in [-0.4, -0.2) is 28.3 Å². The third-order valence-corrected chi connectivity index (χ3v) is 3.46. The van der Waals surface area contributed by atoms with E-state index in [2.05, 4.69) is 33.5 Å². The summed E-state index contributed by atoms with van der Waals surface area (Å²) in [5.41, 5.74) is 4.14. The molecule has 0 aliphatic carbocycles. The Kier molecular flexibility index (Phi) is 5.37. The molecule has 0 aliphatic rings. The van der Waals surface area contributed by atoms with Crippen molar-refractivity contribution in [2.24, 2.45) is 0 Å². The van der Waals surface area contributed by atoms with Gasteiger partial charge < -0.3 is 15.2 Å². The average Bonchev–Trinajstić information content (AvgIpc) is 2.66. The van der Waals surface area contributed by atoms with Gasteiger partial charge in [-0.15, -0.1) is 0 Å². The lowest BCUT2D eigenvalue weighted by Gasteiger charge is -2.09. The molecule has 3 rings (SSSR count). The molecule has 3 aromatic rings. The van der Waals surface area contributed by atoms with Gasteiger partial charge in [-0.25, -0.2) is 4.98 Å². The third-order valence-electron chi connectivity index (χ3n) is 3.46. The van der Waals surface area contributed by atoms with Crippen molar-refractivity contribution >= 4 is 5.69 Å². The predicted octanol–water partition coefficient (Wildman–Crippen LogP) is 3.13. The van der Waals surface area contributed by atoms with Crippen molar-refractivity contribution in [3.63, 3.8) is 0 Å². The van der Waals surface area contributed by atoms with Crippen LogP contribution in [0.1, 0.15) is 5.56 Å². The molecule has 1 aromatic carbocycles. The van der Waals surface area contributed by atoms with Gasteiger partial charge in [-0.1, -0.05) is 24.3 Å². The molecule has 0 spiro atoms. The number of aliphatic hydroxyl groups is 1. The van der Waals surface area contributed by atoms with Crippen molar-refractivity contribution in [3.05, 3.63) is 72.6 Å². The van der Waals surface area contributed by atoms with Crippen LogP contribution in [0.3, 0.4) is 0 Å². The molecule has 0 saturated carbocycles. The highest BCUT2D eigenvalue weighted by molar-refractivity contribution is 5.60. The fourth-order valence-corrected chi connectivity index (χ4v) is 2.30. The topological polar surface area (TPSA) is 67.3 Å². The molecule has 0 fully saturated rings. The van der Waals surface area contributed by atoms with E-state index in [1.807, 2.05) is 30.3 Å². The number of rotatable bonds is 7. The van der Waals surface area contributed by atoms with Gasteiger partial charge in [0.25, 0.3) is 0 Å². The van der Waals surface area contributed by atoms with Crippen LogP contribution < -0.4 is 10.1 Å². The second-order valence-corrected chi connectivity index (χ2v) is 5.23. The fourth-order valence-electron chi connectivity index (χ4n) is 2.30. The highest BCUT2D eigenvalue weighted by Crippen LogP contribution is 2.19. The Morgan fingerprint density at radius 3 is 2.71 bits per heavy atom. The lowest BCUT2D eigenvalue weighted by molar-refractivity contribution is 0.196. The predicted molar refractivity (Wildman–Crippen MR) is 93.8 cm³/mol. The molecule has 0 atom stereocenters. The number of ether oxygens (including phenoxy) is 1. The van der Waals surface area contributed by atoms with Crippen LogP contribution in [0.15, 0.2) is 67.0 Å². The molecule has 2 aromatic heterocycles. The van der Waals surface area contributed by atoms with E-state index >= 15 is 0 Å². The smallest absolute Gasteiger partial charge is 0.213 e. The number of aliphatic hydroxyl groups excluding tert-OH is 1. The minimum absolute atomic E-state index is 0.0196. The number of aromatic nitrogens is 2. The average molecular weight is 321 g/mol. The SMILES string of the molecule is OCCOc1ccc(NCc2cccc(-c3ccccn3)c2)cn1. The maximum Gasteiger partial charge on any atom is 0.213 e. The molecular weight excluding hydrogens is 302 g/mol. The van der Waals surface area contributed by atoms with E-state index in [1.54, 1.807) is 18.5 Å². The third kappa shape index (κ3) is 4.30. The van der Waals surface area contributed by atoms with Crippen LogP contribution in [0.25, 0.3) is 11.3 Å². The molecule has 0 amide bonds. The van der Waals surface area contributed by atoms with Gasteiger partial charge in [0.15, 0.2) is 0 Å². The molecule has 0 saturated heterocycles. The maximum absolute atomic E-state index is 8.73. The number of hydrogen-bond acceptors (Lipinski definition) is 5. The van der Waals surface area contributed by atoms with Crippen LogP contribution in [0, 0.1) is 0 Å². The Bertz CT molecular complexity index is 761. The highest BCUT2D eigenvalue weighted by atomic mass is 16.5. The molecule has 2 heterocycles. The van der Waals surface area contributed by atoms with Crippen LogP contribution in [0.5, 0.6) is 5.88 Å². The molecule has 24 heavy (non-hydrogen) atoms. The summed E-state index contributed by atoms with van der Waals surface area (Å²) in [6.45, 7) is 0.924. The quantitative estimate of drug-likeness (QED) is 0.700. The first-order valence-electron chi connectivity index (χ1n) is 7.79. The van der Waals surface area contributed by atoms with Gasteiger partial charge in [-0.05, 0) is 29.8 Å². The van der Waals surface area contributed by atoms with E-state index in [0.29, 0.717) is 12.4 Å². The Hall–Kier alpha value is -2.92. The first-order chi connectivity index (χ1) is 11.8. The van der Waals surface area contributed by atoms with E-state index in [0.717, 1.165) is 16.9 Å². The van der Waals surface area contributed by atoms with Crippen molar-refractivity contribution < 1.29 is 9.84 Å². The van der Waals surface area contributed by atoms with E-state index in [-0.39, 0.29) is 13.2 Å². The van der Waals surface area contributed by atoms with Gasteiger partial charge in [-0.2, -0.15) is 0 Å². The van der Waals surface area contributed by atoms with Crippen molar-refractivity contribution in [3.8, 4) is 17.1 Å². The van der Waals surface area contributed by atoms with E-state index in [1.165, 1.54) is 5.56 Å². The molecule has 0 radical (unpaired) electrons. The summed E-state index contributed by atoms with van der Waals surface area (Å²) in [4.78, 5) is 8.57. The summed E-state index contributed by atoms with van der Waals surface area (Å²) < 4.78 is 5.24. The second-order valence-electron chi connectivity index (χ2n) is 5.23. The Morgan fingerprint density at radius 2 is 1.96 bits per heavy atom. The van der Waals surface area contributed by atoms with Gasteiger partial charge in [0.1, 0.15) is 6.61 Å². The molecule has 0 bridgehead atoms. The zero-order valence-electron chi connectivity index (χ0n) is 13.2. The molecule has 122 valence electrons. The van der Waals surface area contributed by atoms with E-state index < -0.39 is 0 Å². The second kappa shape index (κ2) is 8.08. The number of anilines is 1. The van der Waals surface area contributed by atoms with Gasteiger partial charge in [0.05, 0.1) is 24.2 Å². The summed E-state index contributed by atoms with van der Waals surface area (Å²) in [5, 5.41) is 12.1. The van der Waals surface area contributed by atoms with Crippen molar-refractivity contribution in [1.82, 2.24) is 9.97 Å². The van der Waals surface area contributed by atoms with Crippen molar-refractivity contribution in [1.29, 1.82) is 0 Å².